The van der Waals surface area contributed by atoms with Gasteiger partial charge in [0.2, 0.25) is 5.91 Å². The molecule has 3 aliphatic heterocycles. The predicted octanol–water partition coefficient (Wildman–Crippen LogP) is -4.81. The van der Waals surface area contributed by atoms with Gasteiger partial charge in [0.25, 0.3) is 0 Å². The van der Waals surface area contributed by atoms with Gasteiger partial charge in [-0.25, -0.2) is 4.79 Å². The molecule has 0 radical (unpaired) electrons. The summed E-state index contributed by atoms with van der Waals surface area (Å²) in [5.41, 5.74) is 0. The van der Waals surface area contributed by atoms with Crippen molar-refractivity contribution in [3.05, 3.63) is 0 Å². The number of aliphatic hydroxyl groups is 8. The van der Waals surface area contributed by atoms with E-state index in [9.17, 15) is 60.3 Å². The van der Waals surface area contributed by atoms with Crippen LogP contribution in [0.1, 0.15) is 48.0 Å². The highest BCUT2D eigenvalue weighted by Crippen LogP contribution is 2.31. The number of amides is 1. The Morgan fingerprint density at radius 2 is 1.41 bits per heavy atom. The van der Waals surface area contributed by atoms with Gasteiger partial charge >= 0.3 is 11.9 Å². The Morgan fingerprint density at radius 1 is 0.778 bits per heavy atom. The molecule has 19 atom stereocenters. The first-order valence-electron chi connectivity index (χ1n) is 17.5. The molecule has 22 heteroatoms. The van der Waals surface area contributed by atoms with E-state index in [1.165, 1.54) is 20.8 Å². The van der Waals surface area contributed by atoms with Gasteiger partial charge in [-0.3, -0.25) is 9.59 Å². The molecule has 3 saturated heterocycles. The lowest BCUT2D eigenvalue weighted by atomic mass is 9.97. The summed E-state index contributed by atoms with van der Waals surface area (Å²) >= 11 is 0. The van der Waals surface area contributed by atoms with Gasteiger partial charge in [0.1, 0.15) is 61.0 Å². The molecule has 3 aliphatic rings. The molecule has 3 heterocycles. The van der Waals surface area contributed by atoms with Crippen molar-refractivity contribution < 1.29 is 103 Å². The molecule has 10 N–H and O–H groups in total. The summed E-state index contributed by atoms with van der Waals surface area (Å²) in [5.74, 6) is -2.95. The number of carbonyl (C=O) groups is 3. The minimum Gasteiger partial charge on any atom is -0.479 e. The Hall–Kier alpha value is -2.23. The zero-order valence-corrected chi connectivity index (χ0v) is 30.7. The minimum atomic E-state index is -2.07. The van der Waals surface area contributed by atoms with Gasteiger partial charge in [-0.1, -0.05) is 6.92 Å². The average molecular weight is 790 g/mol. The van der Waals surface area contributed by atoms with Crippen molar-refractivity contribution in [2.75, 3.05) is 19.8 Å². The van der Waals surface area contributed by atoms with E-state index in [4.69, 9.17) is 42.6 Å². The standard InChI is InChI=1S/C32H55NO21/c1-7-8-46-32-26(23(43)24(13(4)49-32)50-15(6)36)53-29(11(2)33-14(5)35)51-17(9-34)16(37)10-47-30-22(42)20(40)25(27(54-30)28(44)45)52-31-21(41)19(39)18(38)12(3)48-31/h11-13,16-27,29-32,34,37-43H,7-10H2,1-6H3,(H,33,35)(H,44,45)/t11-,12-,13?,16+,17?,18-,19?,20?,21?,22-,23?,24-,25+,26-,27?,29-,30+,31-,32+/m0/s1. The van der Waals surface area contributed by atoms with E-state index < -0.39 is 148 Å². The lowest BCUT2D eigenvalue weighted by Crippen LogP contribution is -2.65. The van der Waals surface area contributed by atoms with Gasteiger partial charge in [0, 0.05) is 20.5 Å². The van der Waals surface area contributed by atoms with Crippen LogP contribution in [-0.4, -0.2) is 200 Å². The number of nitrogens with one attached hydrogen (secondary N) is 1. The summed E-state index contributed by atoms with van der Waals surface area (Å²) in [7, 11) is 0. The van der Waals surface area contributed by atoms with Crippen molar-refractivity contribution >= 4 is 17.8 Å². The maximum atomic E-state index is 12.1. The molecule has 0 saturated carbocycles. The topological polar surface area (TPSA) is 328 Å². The fourth-order valence-corrected chi connectivity index (χ4v) is 6.01. The van der Waals surface area contributed by atoms with E-state index in [1.807, 2.05) is 6.92 Å². The molecular formula is C32H55NO21. The van der Waals surface area contributed by atoms with E-state index >= 15 is 0 Å². The van der Waals surface area contributed by atoms with Crippen molar-refractivity contribution in [2.45, 2.75) is 165 Å². The molecule has 3 fully saturated rings. The average Bonchev–Trinajstić information content (AvgIpc) is 3.10. The summed E-state index contributed by atoms with van der Waals surface area (Å²) in [6.45, 7) is 6.94. The van der Waals surface area contributed by atoms with Gasteiger partial charge in [0.05, 0.1) is 31.5 Å². The Bertz CT molecular complexity index is 1200. The Morgan fingerprint density at radius 3 is 1.98 bits per heavy atom. The number of carboxylic acids is 1. The molecule has 3 rings (SSSR count). The van der Waals surface area contributed by atoms with Crippen molar-refractivity contribution in [1.29, 1.82) is 0 Å². The first-order chi connectivity index (χ1) is 25.3. The fraction of sp³-hybridized carbons (Fsp3) is 0.906. The highest BCUT2D eigenvalue weighted by atomic mass is 16.8. The molecular weight excluding hydrogens is 734 g/mol. The van der Waals surface area contributed by atoms with Crippen LogP contribution < -0.4 is 5.32 Å². The summed E-state index contributed by atoms with van der Waals surface area (Å²) in [6, 6.07) is -1.03. The minimum absolute atomic E-state index is 0.173. The first-order valence-corrected chi connectivity index (χ1v) is 17.5. The van der Waals surface area contributed by atoms with Crippen molar-refractivity contribution in [3.63, 3.8) is 0 Å². The van der Waals surface area contributed by atoms with Crippen molar-refractivity contribution in [3.8, 4) is 0 Å². The quantitative estimate of drug-likeness (QED) is 0.0460. The molecule has 1 amide bonds. The number of hydrogen-bond acceptors (Lipinski definition) is 20. The lowest BCUT2D eigenvalue weighted by Gasteiger charge is -2.45. The third-order valence-corrected chi connectivity index (χ3v) is 8.91. The molecule has 0 aromatic carbocycles. The number of aliphatic hydroxyl groups excluding tert-OH is 8. The molecule has 0 aromatic rings. The summed E-state index contributed by atoms with van der Waals surface area (Å²) in [4.78, 5) is 35.9. The number of ether oxygens (including phenoxy) is 9. The number of carbonyl (C=O) groups excluding carboxylic acids is 2. The van der Waals surface area contributed by atoms with Gasteiger partial charge in [-0.05, 0) is 27.2 Å². The number of hydrogen-bond donors (Lipinski definition) is 10. The summed E-state index contributed by atoms with van der Waals surface area (Å²) < 4.78 is 50.2. The van der Waals surface area contributed by atoms with Crippen LogP contribution in [0, 0.1) is 0 Å². The highest BCUT2D eigenvalue weighted by Gasteiger charge is 2.53. The maximum Gasteiger partial charge on any atom is 0.335 e. The number of esters is 1. The molecule has 7 unspecified atom stereocenters. The van der Waals surface area contributed by atoms with Gasteiger partial charge < -0.3 is 93.9 Å². The fourth-order valence-electron chi connectivity index (χ4n) is 6.01. The molecule has 0 aliphatic carbocycles. The maximum absolute atomic E-state index is 12.1. The second kappa shape index (κ2) is 20.8. The summed E-state index contributed by atoms with van der Waals surface area (Å²) in [6.07, 6.45) is -28.5. The monoisotopic (exact) mass is 789 g/mol. The lowest BCUT2D eigenvalue weighted by molar-refractivity contribution is -0.354. The summed E-state index contributed by atoms with van der Waals surface area (Å²) in [5, 5.41) is 96.8. The predicted molar refractivity (Wildman–Crippen MR) is 174 cm³/mol. The SMILES string of the molecule is CCCO[C@@H]1OC(C)[C@H](OC(C)=O)C(O)[C@@H]1O[C@H](OC(CO)[C@H](O)CO[C@@H]1OC(C(=O)O)[C@H](O[C@@H]2O[C@@H](C)[C@H](O)C(O)C2O)C(O)[C@@H]1O)[C@H](C)NC(C)=O. The van der Waals surface area contributed by atoms with E-state index in [2.05, 4.69) is 5.32 Å². The Labute approximate surface area is 310 Å². The zero-order valence-electron chi connectivity index (χ0n) is 30.7. The van der Waals surface area contributed by atoms with Gasteiger partial charge in [0.15, 0.2) is 37.4 Å². The van der Waals surface area contributed by atoms with Crippen LogP contribution in [0.4, 0.5) is 0 Å². The second-order valence-electron chi connectivity index (χ2n) is 13.4. The van der Waals surface area contributed by atoms with E-state index in [0.29, 0.717) is 6.42 Å². The smallest absolute Gasteiger partial charge is 0.335 e. The Kier molecular flexibility index (Phi) is 17.8. The molecule has 0 bridgehead atoms. The van der Waals surface area contributed by atoms with Crippen LogP contribution in [0.25, 0.3) is 0 Å². The normalized spacial score (nSPS) is 39.6. The molecule has 0 aromatic heterocycles. The van der Waals surface area contributed by atoms with Crippen LogP contribution in [0.3, 0.4) is 0 Å². The van der Waals surface area contributed by atoms with Crippen molar-refractivity contribution in [1.82, 2.24) is 5.32 Å². The third kappa shape index (κ3) is 11.7. The van der Waals surface area contributed by atoms with Crippen molar-refractivity contribution in [2.24, 2.45) is 0 Å². The van der Waals surface area contributed by atoms with E-state index in [0.717, 1.165) is 6.92 Å². The van der Waals surface area contributed by atoms with E-state index in [-0.39, 0.29) is 6.61 Å². The van der Waals surface area contributed by atoms with Crippen LogP contribution in [0.15, 0.2) is 0 Å². The van der Waals surface area contributed by atoms with Crippen LogP contribution in [-0.2, 0) is 57.0 Å². The van der Waals surface area contributed by atoms with Gasteiger partial charge in [-0.2, -0.15) is 0 Å². The van der Waals surface area contributed by atoms with Crippen LogP contribution in [0.5, 0.6) is 0 Å². The highest BCUT2D eigenvalue weighted by molar-refractivity contribution is 5.73. The van der Waals surface area contributed by atoms with Gasteiger partial charge in [-0.15, -0.1) is 0 Å². The largest absolute Gasteiger partial charge is 0.479 e. The first kappa shape index (κ1) is 46.2. The molecule has 0 spiro atoms. The zero-order chi connectivity index (χ0) is 40.6. The number of carboxylic acid groups (broad SMARTS) is 1. The van der Waals surface area contributed by atoms with Crippen LogP contribution in [0.2, 0.25) is 0 Å². The Balaban J connectivity index is 1.75. The number of aliphatic carboxylic acids is 1. The van der Waals surface area contributed by atoms with E-state index in [1.54, 1.807) is 6.92 Å². The third-order valence-electron chi connectivity index (χ3n) is 8.91. The van der Waals surface area contributed by atoms with Crippen LogP contribution >= 0.6 is 0 Å². The molecule has 22 nitrogen and oxygen atoms in total. The molecule has 54 heavy (non-hydrogen) atoms. The number of rotatable bonds is 18. The molecule has 314 valence electrons. The second-order valence-corrected chi connectivity index (χ2v) is 13.4.